The van der Waals surface area contributed by atoms with E-state index < -0.39 is 0 Å². The van der Waals surface area contributed by atoms with E-state index in [1.165, 1.54) is 35.7 Å². The van der Waals surface area contributed by atoms with Crippen molar-refractivity contribution in [1.29, 1.82) is 0 Å². The molecule has 6 nitrogen and oxygen atoms in total. The highest BCUT2D eigenvalue weighted by atomic mass is 35.5. The predicted octanol–water partition coefficient (Wildman–Crippen LogP) is 3.75. The average molecular weight is 414 g/mol. The van der Waals surface area contributed by atoms with Crippen LogP contribution in [0.3, 0.4) is 0 Å². The first kappa shape index (κ1) is 19.3. The molecule has 2 atom stereocenters. The summed E-state index contributed by atoms with van der Waals surface area (Å²) in [5.41, 5.74) is 0.599. The minimum atomic E-state index is -0.0147. The summed E-state index contributed by atoms with van der Waals surface area (Å²) < 4.78 is 1.33. The van der Waals surface area contributed by atoms with E-state index in [1.54, 1.807) is 18.2 Å². The smallest absolute Gasteiger partial charge is 0.230 e. The minimum absolute atomic E-state index is 0.0147. The molecule has 1 aliphatic carbocycles. The molecule has 0 aliphatic heterocycles. The molecule has 3 rings (SSSR count). The summed E-state index contributed by atoms with van der Waals surface area (Å²) in [6.07, 6.45) is 4.62. The van der Waals surface area contributed by atoms with E-state index in [9.17, 15) is 4.79 Å². The second-order valence-corrected chi connectivity index (χ2v) is 8.31. The molecule has 1 saturated carbocycles. The van der Waals surface area contributed by atoms with Crippen LogP contribution < -0.4 is 11.2 Å². The fourth-order valence-electron chi connectivity index (χ4n) is 3.14. The Morgan fingerprint density at radius 1 is 1.35 bits per heavy atom. The summed E-state index contributed by atoms with van der Waals surface area (Å²) in [5, 5.41) is 12.7. The lowest BCUT2D eigenvalue weighted by atomic mass is 9.86. The standard InChI is InChI=1S/C17H21Cl2N5OS/c1-10-4-2-3-5-14(10)21-15(25)9-26-17-23-22-16(24(17)20)12-8-11(18)6-7-13(12)19/h6-8,10,14H,2-5,9,20H2,1H3,(H,21,25)/t10-,14+/m1/s1. The summed E-state index contributed by atoms with van der Waals surface area (Å²) in [7, 11) is 0. The zero-order valence-electron chi connectivity index (χ0n) is 14.4. The van der Waals surface area contributed by atoms with Crippen LogP contribution in [0, 0.1) is 5.92 Å². The van der Waals surface area contributed by atoms with Crippen LogP contribution in [0.4, 0.5) is 0 Å². The van der Waals surface area contributed by atoms with E-state index in [4.69, 9.17) is 29.0 Å². The number of hydrogen-bond donors (Lipinski definition) is 2. The summed E-state index contributed by atoms with van der Waals surface area (Å²) in [4.78, 5) is 12.2. The molecule has 0 saturated heterocycles. The molecule has 1 aliphatic rings. The monoisotopic (exact) mass is 413 g/mol. The summed E-state index contributed by atoms with van der Waals surface area (Å²) >= 11 is 13.5. The highest BCUT2D eigenvalue weighted by molar-refractivity contribution is 7.99. The summed E-state index contributed by atoms with van der Waals surface area (Å²) in [5.74, 6) is 7.23. The number of nitrogens with zero attached hydrogens (tertiary/aromatic N) is 3. The van der Waals surface area contributed by atoms with Gasteiger partial charge in [0.05, 0.1) is 10.8 Å². The Morgan fingerprint density at radius 3 is 2.88 bits per heavy atom. The number of nitrogen functional groups attached to an aromatic ring is 1. The van der Waals surface area contributed by atoms with Gasteiger partial charge in [-0.25, -0.2) is 4.68 Å². The zero-order chi connectivity index (χ0) is 18.7. The van der Waals surface area contributed by atoms with Gasteiger partial charge in [0, 0.05) is 16.6 Å². The van der Waals surface area contributed by atoms with Gasteiger partial charge in [0.1, 0.15) is 0 Å². The fourth-order valence-corrected chi connectivity index (χ4v) is 4.18. The van der Waals surface area contributed by atoms with Crippen LogP contribution >= 0.6 is 35.0 Å². The lowest BCUT2D eigenvalue weighted by Crippen LogP contribution is -2.41. The number of carbonyl (C=O) groups excluding carboxylic acids is 1. The molecule has 1 fully saturated rings. The third kappa shape index (κ3) is 4.45. The van der Waals surface area contributed by atoms with Crippen molar-refractivity contribution in [3.8, 4) is 11.4 Å². The molecule has 0 radical (unpaired) electrons. The van der Waals surface area contributed by atoms with Crippen molar-refractivity contribution in [3.05, 3.63) is 28.2 Å². The van der Waals surface area contributed by atoms with Crippen molar-refractivity contribution in [2.24, 2.45) is 5.92 Å². The molecule has 9 heteroatoms. The number of nitrogens with one attached hydrogen (secondary N) is 1. The van der Waals surface area contributed by atoms with Crippen LogP contribution in [0.25, 0.3) is 11.4 Å². The number of aromatic nitrogens is 3. The first-order valence-electron chi connectivity index (χ1n) is 8.53. The highest BCUT2D eigenvalue weighted by Gasteiger charge is 2.23. The maximum atomic E-state index is 12.2. The Hall–Kier alpha value is -1.44. The molecule has 2 aromatic rings. The number of rotatable bonds is 5. The van der Waals surface area contributed by atoms with Crippen molar-refractivity contribution in [2.45, 2.75) is 43.8 Å². The minimum Gasteiger partial charge on any atom is -0.352 e. The van der Waals surface area contributed by atoms with Gasteiger partial charge in [0.2, 0.25) is 11.1 Å². The van der Waals surface area contributed by atoms with Gasteiger partial charge >= 0.3 is 0 Å². The Morgan fingerprint density at radius 2 is 2.12 bits per heavy atom. The number of hydrogen-bond acceptors (Lipinski definition) is 5. The van der Waals surface area contributed by atoms with Crippen molar-refractivity contribution in [1.82, 2.24) is 20.2 Å². The molecule has 26 heavy (non-hydrogen) atoms. The number of thioether (sulfide) groups is 1. The molecule has 1 amide bonds. The number of halogens is 2. The van der Waals surface area contributed by atoms with Gasteiger partial charge < -0.3 is 11.2 Å². The van der Waals surface area contributed by atoms with E-state index in [1.807, 2.05) is 0 Å². The molecular weight excluding hydrogens is 393 g/mol. The van der Waals surface area contributed by atoms with Crippen molar-refractivity contribution in [3.63, 3.8) is 0 Å². The number of carbonyl (C=O) groups is 1. The van der Waals surface area contributed by atoms with Crippen LogP contribution in [0.5, 0.6) is 0 Å². The third-order valence-corrected chi connectivity index (χ3v) is 6.13. The normalized spacial score (nSPS) is 20.1. The molecule has 0 spiro atoms. The van der Waals surface area contributed by atoms with E-state index in [0.717, 1.165) is 6.42 Å². The van der Waals surface area contributed by atoms with E-state index in [2.05, 4.69) is 22.4 Å². The zero-order valence-corrected chi connectivity index (χ0v) is 16.7. The number of benzene rings is 1. The quantitative estimate of drug-likeness (QED) is 0.575. The van der Waals surface area contributed by atoms with Crippen LogP contribution in [0.15, 0.2) is 23.4 Å². The Balaban J connectivity index is 1.63. The second kappa shape index (κ2) is 8.50. The summed E-state index contributed by atoms with van der Waals surface area (Å²) in [6, 6.07) is 5.31. The van der Waals surface area contributed by atoms with Gasteiger partial charge in [-0.1, -0.05) is 54.7 Å². The first-order valence-corrected chi connectivity index (χ1v) is 10.3. The van der Waals surface area contributed by atoms with Crippen LogP contribution in [0.2, 0.25) is 10.0 Å². The van der Waals surface area contributed by atoms with E-state index >= 15 is 0 Å². The second-order valence-electron chi connectivity index (χ2n) is 6.52. The van der Waals surface area contributed by atoms with Crippen molar-refractivity contribution in [2.75, 3.05) is 11.6 Å². The lowest BCUT2D eigenvalue weighted by Gasteiger charge is -2.29. The lowest BCUT2D eigenvalue weighted by molar-refractivity contribution is -0.119. The third-order valence-electron chi connectivity index (χ3n) is 4.62. The molecule has 1 aromatic heterocycles. The molecule has 140 valence electrons. The average Bonchev–Trinajstić information content (AvgIpc) is 2.98. The maximum absolute atomic E-state index is 12.2. The van der Waals surface area contributed by atoms with E-state index in [-0.39, 0.29) is 17.7 Å². The van der Waals surface area contributed by atoms with Gasteiger partial charge in [-0.3, -0.25) is 4.79 Å². The van der Waals surface area contributed by atoms with Gasteiger partial charge in [0.25, 0.3) is 0 Å². The number of amides is 1. The molecule has 1 aromatic carbocycles. The van der Waals surface area contributed by atoms with Gasteiger partial charge in [0.15, 0.2) is 5.82 Å². The van der Waals surface area contributed by atoms with Crippen LogP contribution in [-0.2, 0) is 4.79 Å². The molecule has 0 unspecified atom stereocenters. The van der Waals surface area contributed by atoms with Crippen molar-refractivity contribution < 1.29 is 4.79 Å². The SMILES string of the molecule is C[C@@H]1CCCC[C@@H]1NC(=O)CSc1nnc(-c2cc(Cl)ccc2Cl)n1N. The predicted molar refractivity (Wildman–Crippen MR) is 106 cm³/mol. The summed E-state index contributed by atoms with van der Waals surface area (Å²) in [6.45, 7) is 2.19. The molecular formula is C17H21Cl2N5OS. The van der Waals surface area contributed by atoms with Gasteiger partial charge in [-0.2, -0.15) is 0 Å². The highest BCUT2D eigenvalue weighted by Crippen LogP contribution is 2.30. The fraction of sp³-hybridized carbons (Fsp3) is 0.471. The van der Waals surface area contributed by atoms with Gasteiger partial charge in [-0.15, -0.1) is 10.2 Å². The number of nitrogens with two attached hydrogens (primary N) is 1. The van der Waals surface area contributed by atoms with Crippen LogP contribution in [0.1, 0.15) is 32.6 Å². The maximum Gasteiger partial charge on any atom is 0.230 e. The van der Waals surface area contributed by atoms with Gasteiger partial charge in [-0.05, 0) is 37.0 Å². The van der Waals surface area contributed by atoms with Crippen LogP contribution in [-0.4, -0.2) is 32.6 Å². The largest absolute Gasteiger partial charge is 0.352 e. The molecule has 0 bridgehead atoms. The Kier molecular flexibility index (Phi) is 6.32. The molecule has 3 N–H and O–H groups in total. The Labute approximate surface area is 166 Å². The Bertz CT molecular complexity index is 797. The molecule has 1 heterocycles. The van der Waals surface area contributed by atoms with Crippen molar-refractivity contribution >= 4 is 40.9 Å². The van der Waals surface area contributed by atoms with E-state index in [0.29, 0.717) is 32.5 Å². The topological polar surface area (TPSA) is 85.8 Å². The first-order chi connectivity index (χ1) is 12.5.